The third kappa shape index (κ3) is 2.96. The summed E-state index contributed by atoms with van der Waals surface area (Å²) in [5.74, 6) is -1.29. The Morgan fingerprint density at radius 3 is 2.78 bits per heavy atom. The molecular formula is C17H11ClFNO3. The molecular weight excluding hydrogens is 321 g/mol. The molecule has 3 aromatic rings. The fourth-order valence-electron chi connectivity index (χ4n) is 2.20. The number of hydrogen-bond acceptors (Lipinski definition) is 3. The number of carbonyl (C=O) groups is 1. The van der Waals surface area contributed by atoms with Gasteiger partial charge in [0, 0.05) is 10.7 Å². The van der Waals surface area contributed by atoms with Crippen LogP contribution in [0.2, 0.25) is 5.02 Å². The van der Waals surface area contributed by atoms with E-state index in [1.165, 1.54) is 18.2 Å². The summed E-state index contributed by atoms with van der Waals surface area (Å²) in [6.07, 6.45) is 0. The van der Waals surface area contributed by atoms with Crippen LogP contribution in [0.15, 0.2) is 51.7 Å². The lowest BCUT2D eigenvalue weighted by Crippen LogP contribution is -2.15. The van der Waals surface area contributed by atoms with Crippen molar-refractivity contribution in [1.82, 2.24) is 0 Å². The van der Waals surface area contributed by atoms with Crippen molar-refractivity contribution in [3.8, 4) is 0 Å². The quantitative estimate of drug-likeness (QED) is 0.767. The minimum Gasteiger partial charge on any atom is -0.417 e. The van der Waals surface area contributed by atoms with E-state index in [0.29, 0.717) is 21.7 Å². The number of rotatable bonds is 2. The minimum absolute atomic E-state index is 0.0838. The van der Waals surface area contributed by atoms with Gasteiger partial charge in [-0.25, -0.2) is 9.18 Å². The SMILES string of the molecule is Cc1c(Cl)cccc1NC(=O)c1cc2ccc(F)cc2c(=O)o1. The molecule has 0 aliphatic carbocycles. The topological polar surface area (TPSA) is 59.3 Å². The van der Waals surface area contributed by atoms with Crippen molar-refractivity contribution >= 4 is 34.0 Å². The Morgan fingerprint density at radius 1 is 1.22 bits per heavy atom. The van der Waals surface area contributed by atoms with Crippen LogP contribution in [-0.2, 0) is 0 Å². The van der Waals surface area contributed by atoms with Gasteiger partial charge < -0.3 is 9.73 Å². The normalized spacial score (nSPS) is 10.7. The first-order chi connectivity index (χ1) is 11.0. The molecule has 1 amide bonds. The second kappa shape index (κ2) is 5.85. The number of amides is 1. The van der Waals surface area contributed by atoms with E-state index in [9.17, 15) is 14.0 Å². The van der Waals surface area contributed by atoms with Gasteiger partial charge in [-0.05, 0) is 48.2 Å². The number of hydrogen-bond donors (Lipinski definition) is 1. The number of nitrogens with one attached hydrogen (secondary N) is 1. The molecule has 0 spiro atoms. The first-order valence-corrected chi connectivity index (χ1v) is 7.13. The van der Waals surface area contributed by atoms with Gasteiger partial charge in [-0.1, -0.05) is 23.7 Å². The number of fused-ring (bicyclic) bond motifs is 1. The largest absolute Gasteiger partial charge is 0.417 e. The third-order valence-electron chi connectivity index (χ3n) is 3.46. The monoisotopic (exact) mass is 331 g/mol. The van der Waals surface area contributed by atoms with Gasteiger partial charge in [0.15, 0.2) is 5.76 Å². The molecule has 0 aliphatic heterocycles. The van der Waals surface area contributed by atoms with Gasteiger partial charge in [-0.15, -0.1) is 0 Å². The number of benzene rings is 2. The minimum atomic E-state index is -0.769. The van der Waals surface area contributed by atoms with E-state index in [0.717, 1.165) is 6.07 Å². The fraction of sp³-hybridized carbons (Fsp3) is 0.0588. The molecule has 0 radical (unpaired) electrons. The van der Waals surface area contributed by atoms with Gasteiger partial charge in [0.2, 0.25) is 0 Å². The van der Waals surface area contributed by atoms with Crippen LogP contribution < -0.4 is 10.9 Å². The van der Waals surface area contributed by atoms with Crippen molar-refractivity contribution in [3.63, 3.8) is 0 Å². The lowest BCUT2D eigenvalue weighted by atomic mass is 10.1. The Hall–Kier alpha value is -2.66. The summed E-state index contributed by atoms with van der Waals surface area (Å²) >= 11 is 6.00. The van der Waals surface area contributed by atoms with Crippen LogP contribution in [0.3, 0.4) is 0 Å². The van der Waals surface area contributed by atoms with E-state index < -0.39 is 17.3 Å². The number of halogens is 2. The molecule has 0 saturated carbocycles. The molecule has 0 unspecified atom stereocenters. The Kier molecular flexibility index (Phi) is 3.88. The molecule has 0 atom stereocenters. The average molecular weight is 332 g/mol. The van der Waals surface area contributed by atoms with Crippen molar-refractivity contribution < 1.29 is 13.6 Å². The van der Waals surface area contributed by atoms with E-state index >= 15 is 0 Å². The van der Waals surface area contributed by atoms with E-state index in [2.05, 4.69) is 5.32 Å². The third-order valence-corrected chi connectivity index (χ3v) is 3.87. The molecule has 23 heavy (non-hydrogen) atoms. The van der Waals surface area contributed by atoms with Crippen molar-refractivity contribution in [2.75, 3.05) is 5.32 Å². The molecule has 1 aromatic heterocycles. The van der Waals surface area contributed by atoms with Crippen molar-refractivity contribution in [1.29, 1.82) is 0 Å². The number of anilines is 1. The van der Waals surface area contributed by atoms with Crippen LogP contribution in [0.5, 0.6) is 0 Å². The second-order valence-electron chi connectivity index (χ2n) is 5.00. The van der Waals surface area contributed by atoms with Gasteiger partial charge in [-0.3, -0.25) is 4.79 Å². The molecule has 0 saturated heterocycles. The summed E-state index contributed by atoms with van der Waals surface area (Å²) in [6.45, 7) is 1.76. The van der Waals surface area contributed by atoms with Gasteiger partial charge >= 0.3 is 5.63 Å². The van der Waals surface area contributed by atoms with Crippen LogP contribution in [0.1, 0.15) is 16.1 Å². The molecule has 1 heterocycles. The van der Waals surface area contributed by atoms with E-state index in [1.54, 1.807) is 25.1 Å². The van der Waals surface area contributed by atoms with E-state index in [1.807, 2.05) is 0 Å². The van der Waals surface area contributed by atoms with Crippen molar-refractivity contribution in [2.24, 2.45) is 0 Å². The van der Waals surface area contributed by atoms with Crippen LogP contribution >= 0.6 is 11.6 Å². The van der Waals surface area contributed by atoms with Crippen molar-refractivity contribution in [3.05, 3.63) is 75.0 Å². The molecule has 0 fully saturated rings. The zero-order chi connectivity index (χ0) is 16.6. The summed E-state index contributed by atoms with van der Waals surface area (Å²) in [7, 11) is 0. The summed E-state index contributed by atoms with van der Waals surface area (Å²) < 4.78 is 18.2. The molecule has 116 valence electrons. The standard InChI is InChI=1S/C17H11ClFNO3/c1-9-13(18)3-2-4-14(9)20-16(21)15-7-10-5-6-11(19)8-12(10)17(22)23-15/h2-8H,1H3,(H,20,21). The average Bonchev–Trinajstić information content (AvgIpc) is 2.52. The maximum Gasteiger partial charge on any atom is 0.344 e. The predicted octanol–water partition coefficient (Wildman–Crippen LogP) is 4.15. The van der Waals surface area contributed by atoms with E-state index in [4.69, 9.17) is 16.0 Å². The predicted molar refractivity (Wildman–Crippen MR) is 86.6 cm³/mol. The van der Waals surface area contributed by atoms with Crippen LogP contribution in [0.4, 0.5) is 10.1 Å². The fourth-order valence-corrected chi connectivity index (χ4v) is 2.37. The first-order valence-electron chi connectivity index (χ1n) is 6.75. The molecule has 1 N–H and O–H groups in total. The van der Waals surface area contributed by atoms with Gasteiger partial charge in [0.25, 0.3) is 5.91 Å². The Labute approximate surface area is 135 Å². The summed E-state index contributed by atoms with van der Waals surface area (Å²) in [5.41, 5.74) is 0.451. The summed E-state index contributed by atoms with van der Waals surface area (Å²) in [4.78, 5) is 24.2. The Balaban J connectivity index is 2.00. The molecule has 2 aromatic carbocycles. The number of carbonyl (C=O) groups excluding carboxylic acids is 1. The highest BCUT2D eigenvalue weighted by atomic mass is 35.5. The lowest BCUT2D eigenvalue weighted by molar-refractivity contribution is 0.0993. The highest BCUT2D eigenvalue weighted by molar-refractivity contribution is 6.31. The zero-order valence-electron chi connectivity index (χ0n) is 12.0. The molecule has 0 bridgehead atoms. The van der Waals surface area contributed by atoms with Crippen LogP contribution in [0.25, 0.3) is 10.8 Å². The van der Waals surface area contributed by atoms with Crippen LogP contribution in [-0.4, -0.2) is 5.91 Å². The smallest absolute Gasteiger partial charge is 0.344 e. The maximum absolute atomic E-state index is 13.2. The maximum atomic E-state index is 13.2. The first kappa shape index (κ1) is 15.2. The van der Waals surface area contributed by atoms with Gasteiger partial charge in [0.1, 0.15) is 5.82 Å². The van der Waals surface area contributed by atoms with E-state index in [-0.39, 0.29) is 11.1 Å². The highest BCUT2D eigenvalue weighted by Gasteiger charge is 2.14. The summed E-state index contributed by atoms with van der Waals surface area (Å²) in [5, 5.41) is 3.66. The molecule has 6 heteroatoms. The molecule has 4 nitrogen and oxygen atoms in total. The summed E-state index contributed by atoms with van der Waals surface area (Å²) in [6, 6.07) is 10.2. The molecule has 0 aliphatic rings. The highest BCUT2D eigenvalue weighted by Crippen LogP contribution is 2.23. The lowest BCUT2D eigenvalue weighted by Gasteiger charge is -2.09. The van der Waals surface area contributed by atoms with Gasteiger partial charge in [-0.2, -0.15) is 0 Å². The zero-order valence-corrected chi connectivity index (χ0v) is 12.8. The molecule has 3 rings (SSSR count). The second-order valence-corrected chi connectivity index (χ2v) is 5.40. The Morgan fingerprint density at radius 2 is 2.00 bits per heavy atom. The van der Waals surface area contributed by atoms with Crippen molar-refractivity contribution in [2.45, 2.75) is 6.92 Å². The van der Waals surface area contributed by atoms with Gasteiger partial charge in [0.05, 0.1) is 5.39 Å². The Bertz CT molecular complexity index is 981. The van der Waals surface area contributed by atoms with Crippen LogP contribution in [0, 0.1) is 12.7 Å².